The molecule has 5 nitrogen and oxygen atoms in total. The quantitative estimate of drug-likeness (QED) is 0.806. The summed E-state index contributed by atoms with van der Waals surface area (Å²) >= 11 is 0. The van der Waals surface area contributed by atoms with Gasteiger partial charge in [-0.1, -0.05) is 25.7 Å². The van der Waals surface area contributed by atoms with Gasteiger partial charge < -0.3 is 14.8 Å². The Morgan fingerprint density at radius 2 is 1.87 bits per heavy atom. The fourth-order valence-corrected chi connectivity index (χ4v) is 3.41. The van der Waals surface area contributed by atoms with Crippen molar-refractivity contribution in [2.24, 2.45) is 5.92 Å². The zero-order chi connectivity index (χ0) is 16.7. The molecule has 23 heavy (non-hydrogen) atoms. The van der Waals surface area contributed by atoms with E-state index in [0.29, 0.717) is 19.8 Å². The molecular weight excluding hydrogens is 292 g/mol. The second kappa shape index (κ2) is 8.88. The summed E-state index contributed by atoms with van der Waals surface area (Å²) < 4.78 is 11.1. The first-order chi connectivity index (χ1) is 11.0. The molecule has 1 N–H and O–H groups in total. The van der Waals surface area contributed by atoms with E-state index in [0.717, 1.165) is 19.0 Å². The molecule has 0 aromatic carbocycles. The maximum Gasteiger partial charge on any atom is 0.410 e. The fraction of sp³-hybridized carbons (Fsp3) is 0.944. The highest BCUT2D eigenvalue weighted by molar-refractivity contribution is 5.68. The van der Waals surface area contributed by atoms with E-state index in [2.05, 4.69) is 5.32 Å². The van der Waals surface area contributed by atoms with E-state index < -0.39 is 5.60 Å². The lowest BCUT2D eigenvalue weighted by atomic mass is 10.0. The second-order valence-electron chi connectivity index (χ2n) is 7.92. The van der Waals surface area contributed by atoms with Crippen LogP contribution in [0, 0.1) is 5.92 Å². The number of carbonyl (C=O) groups is 1. The zero-order valence-electron chi connectivity index (χ0n) is 15.1. The van der Waals surface area contributed by atoms with Crippen molar-refractivity contribution in [1.82, 2.24) is 10.2 Å². The number of carbonyl (C=O) groups excluding carboxylic acids is 1. The Hall–Kier alpha value is -0.810. The standard InChI is InChI=1S/C18H34N2O3/c1-18(2,3)23-17(21)20-10-11-22-14-16(20)13-19-12-15-8-6-4-5-7-9-15/h15-16,19H,4-14H2,1-3H3. The highest BCUT2D eigenvalue weighted by Crippen LogP contribution is 2.22. The van der Waals surface area contributed by atoms with Crippen molar-refractivity contribution >= 4 is 6.09 Å². The number of rotatable bonds is 4. The molecule has 5 heteroatoms. The lowest BCUT2D eigenvalue weighted by Crippen LogP contribution is -2.54. The van der Waals surface area contributed by atoms with Crippen LogP contribution in [0.25, 0.3) is 0 Å². The van der Waals surface area contributed by atoms with E-state index in [-0.39, 0.29) is 12.1 Å². The molecule has 1 amide bonds. The molecule has 1 saturated carbocycles. The number of nitrogens with zero attached hydrogens (tertiary/aromatic N) is 1. The van der Waals surface area contributed by atoms with Crippen molar-refractivity contribution in [3.05, 3.63) is 0 Å². The summed E-state index contributed by atoms with van der Waals surface area (Å²) in [6.07, 6.45) is 7.96. The molecule has 1 atom stereocenters. The molecule has 0 spiro atoms. The van der Waals surface area contributed by atoms with E-state index in [4.69, 9.17) is 9.47 Å². The number of ether oxygens (including phenoxy) is 2. The highest BCUT2D eigenvalue weighted by Gasteiger charge is 2.30. The van der Waals surface area contributed by atoms with Crippen molar-refractivity contribution in [1.29, 1.82) is 0 Å². The van der Waals surface area contributed by atoms with Crippen LogP contribution in [-0.2, 0) is 9.47 Å². The van der Waals surface area contributed by atoms with E-state index in [1.807, 2.05) is 25.7 Å². The monoisotopic (exact) mass is 326 g/mol. The number of morpholine rings is 1. The largest absolute Gasteiger partial charge is 0.444 e. The smallest absolute Gasteiger partial charge is 0.410 e. The molecule has 2 rings (SSSR count). The first-order valence-corrected chi connectivity index (χ1v) is 9.24. The Kier molecular flexibility index (Phi) is 7.15. The average Bonchev–Trinajstić information content (AvgIpc) is 2.75. The van der Waals surface area contributed by atoms with Crippen LogP contribution < -0.4 is 5.32 Å². The first-order valence-electron chi connectivity index (χ1n) is 9.24. The molecule has 0 radical (unpaired) electrons. The Morgan fingerprint density at radius 3 is 2.52 bits per heavy atom. The lowest BCUT2D eigenvalue weighted by molar-refractivity contribution is -0.0318. The topological polar surface area (TPSA) is 50.8 Å². The maximum atomic E-state index is 12.4. The normalized spacial score (nSPS) is 24.3. The van der Waals surface area contributed by atoms with Crippen LogP contribution in [0.3, 0.4) is 0 Å². The van der Waals surface area contributed by atoms with Gasteiger partial charge in [0.1, 0.15) is 5.60 Å². The molecule has 1 heterocycles. The van der Waals surface area contributed by atoms with E-state index in [1.165, 1.54) is 38.5 Å². The Labute approximate surface area is 141 Å². The number of hydrogen-bond acceptors (Lipinski definition) is 4. The van der Waals surface area contributed by atoms with Gasteiger partial charge in [-0.15, -0.1) is 0 Å². The Balaban J connectivity index is 1.77. The SMILES string of the molecule is CC(C)(C)OC(=O)N1CCOCC1CNCC1CCCCCC1. The molecule has 0 aromatic heterocycles. The van der Waals surface area contributed by atoms with Gasteiger partial charge in [-0.25, -0.2) is 4.79 Å². The number of amides is 1. The van der Waals surface area contributed by atoms with Crippen molar-refractivity contribution in [2.45, 2.75) is 70.9 Å². The molecule has 1 unspecified atom stereocenters. The predicted molar refractivity (Wildman–Crippen MR) is 91.6 cm³/mol. The van der Waals surface area contributed by atoms with Gasteiger partial charge in [-0.2, -0.15) is 0 Å². The Bertz CT molecular complexity index is 360. The molecule has 1 aliphatic carbocycles. The Morgan fingerprint density at radius 1 is 1.17 bits per heavy atom. The number of hydrogen-bond donors (Lipinski definition) is 1. The van der Waals surface area contributed by atoms with E-state index in [1.54, 1.807) is 0 Å². The molecular formula is C18H34N2O3. The minimum Gasteiger partial charge on any atom is -0.444 e. The summed E-state index contributed by atoms with van der Waals surface area (Å²) in [5.41, 5.74) is -0.451. The third kappa shape index (κ3) is 6.68. The predicted octanol–water partition coefficient (Wildman–Crippen LogP) is 3.18. The van der Waals surface area contributed by atoms with Crippen LogP contribution >= 0.6 is 0 Å². The average molecular weight is 326 g/mol. The molecule has 1 saturated heterocycles. The first kappa shape index (κ1) is 18.5. The van der Waals surface area contributed by atoms with Crippen LogP contribution in [0.5, 0.6) is 0 Å². The summed E-state index contributed by atoms with van der Waals surface area (Å²) in [4.78, 5) is 14.2. The molecule has 1 aliphatic heterocycles. The minimum absolute atomic E-state index is 0.0735. The van der Waals surface area contributed by atoms with Crippen LogP contribution in [-0.4, -0.2) is 55.5 Å². The van der Waals surface area contributed by atoms with E-state index in [9.17, 15) is 4.79 Å². The third-order valence-corrected chi connectivity index (χ3v) is 4.64. The fourth-order valence-electron chi connectivity index (χ4n) is 3.41. The second-order valence-corrected chi connectivity index (χ2v) is 7.92. The minimum atomic E-state index is -0.451. The van der Waals surface area contributed by atoms with Gasteiger partial charge in [0.15, 0.2) is 0 Å². The van der Waals surface area contributed by atoms with Crippen LogP contribution in [0.4, 0.5) is 4.79 Å². The van der Waals surface area contributed by atoms with Crippen LogP contribution in [0.1, 0.15) is 59.3 Å². The third-order valence-electron chi connectivity index (χ3n) is 4.64. The maximum absolute atomic E-state index is 12.4. The molecule has 2 aliphatic rings. The van der Waals surface area contributed by atoms with Crippen molar-refractivity contribution in [3.8, 4) is 0 Å². The van der Waals surface area contributed by atoms with E-state index >= 15 is 0 Å². The van der Waals surface area contributed by atoms with Crippen LogP contribution in [0.15, 0.2) is 0 Å². The summed E-state index contributed by atoms with van der Waals surface area (Å²) in [5, 5.41) is 3.57. The molecule has 0 bridgehead atoms. The lowest BCUT2D eigenvalue weighted by Gasteiger charge is -2.37. The number of nitrogens with one attached hydrogen (secondary N) is 1. The van der Waals surface area contributed by atoms with Gasteiger partial charge in [0, 0.05) is 13.1 Å². The summed E-state index contributed by atoms with van der Waals surface area (Å²) in [6, 6.07) is 0.0735. The van der Waals surface area contributed by atoms with Gasteiger partial charge in [0.05, 0.1) is 19.3 Å². The van der Waals surface area contributed by atoms with Gasteiger partial charge >= 0.3 is 6.09 Å². The molecule has 134 valence electrons. The summed E-state index contributed by atoms with van der Waals surface area (Å²) in [7, 11) is 0. The highest BCUT2D eigenvalue weighted by atomic mass is 16.6. The summed E-state index contributed by atoms with van der Waals surface area (Å²) in [6.45, 7) is 9.37. The van der Waals surface area contributed by atoms with Crippen molar-refractivity contribution in [2.75, 3.05) is 32.8 Å². The molecule has 2 fully saturated rings. The zero-order valence-corrected chi connectivity index (χ0v) is 15.1. The van der Waals surface area contributed by atoms with Gasteiger partial charge in [0.25, 0.3) is 0 Å². The van der Waals surface area contributed by atoms with Gasteiger partial charge in [-0.05, 0) is 46.1 Å². The van der Waals surface area contributed by atoms with Crippen molar-refractivity contribution < 1.29 is 14.3 Å². The van der Waals surface area contributed by atoms with Crippen LogP contribution in [0.2, 0.25) is 0 Å². The summed E-state index contributed by atoms with van der Waals surface area (Å²) in [5.74, 6) is 0.789. The van der Waals surface area contributed by atoms with Crippen molar-refractivity contribution in [3.63, 3.8) is 0 Å². The van der Waals surface area contributed by atoms with Gasteiger partial charge in [-0.3, -0.25) is 4.90 Å². The molecule has 0 aromatic rings. The van der Waals surface area contributed by atoms with Gasteiger partial charge in [0.2, 0.25) is 0 Å².